The highest BCUT2D eigenvalue weighted by molar-refractivity contribution is 5.61. The number of ether oxygens (including phenoxy) is 1. The number of rotatable bonds is 4. The van der Waals surface area contributed by atoms with Gasteiger partial charge in [0.25, 0.3) is 5.69 Å². The molecule has 3 aromatic rings. The van der Waals surface area contributed by atoms with Crippen LogP contribution in [0.25, 0.3) is 17.2 Å². The lowest BCUT2D eigenvalue weighted by molar-refractivity contribution is -0.390. The molecule has 0 bridgehead atoms. The Morgan fingerprint density at radius 3 is 2.50 bits per heavy atom. The summed E-state index contributed by atoms with van der Waals surface area (Å²) in [4.78, 5) is 21.7. The third kappa shape index (κ3) is 2.27. The molecule has 1 aromatic carbocycles. The van der Waals surface area contributed by atoms with Gasteiger partial charge in [-0.2, -0.15) is 0 Å². The van der Waals surface area contributed by atoms with Gasteiger partial charge in [-0.15, -0.1) is 4.63 Å². The van der Waals surface area contributed by atoms with Gasteiger partial charge in [0.2, 0.25) is 5.82 Å². The minimum absolute atomic E-state index is 0.357. The maximum atomic E-state index is 13.8. The summed E-state index contributed by atoms with van der Waals surface area (Å²) in [6.45, 7) is 0. The van der Waals surface area contributed by atoms with Crippen LogP contribution in [0.3, 0.4) is 0 Å². The molecule has 0 saturated heterocycles. The van der Waals surface area contributed by atoms with Crippen molar-refractivity contribution in [1.29, 1.82) is 0 Å². The van der Waals surface area contributed by atoms with Crippen molar-refractivity contribution in [2.45, 2.75) is 0 Å². The number of halogens is 2. The van der Waals surface area contributed by atoms with Gasteiger partial charge in [-0.3, -0.25) is 4.52 Å². The number of methoxy groups -OCH3 is 1. The molecule has 2 heterocycles. The second kappa shape index (κ2) is 5.53. The van der Waals surface area contributed by atoms with Crippen molar-refractivity contribution in [2.24, 2.45) is 0 Å². The summed E-state index contributed by atoms with van der Waals surface area (Å²) in [7, 11) is 1.06. The van der Waals surface area contributed by atoms with Gasteiger partial charge in [0.15, 0.2) is 22.5 Å². The van der Waals surface area contributed by atoms with E-state index in [1.54, 1.807) is 0 Å². The van der Waals surface area contributed by atoms with Crippen molar-refractivity contribution >= 4 is 5.82 Å². The van der Waals surface area contributed by atoms with Crippen molar-refractivity contribution in [3.05, 3.63) is 44.4 Å². The maximum absolute atomic E-state index is 13.8. The van der Waals surface area contributed by atoms with Crippen LogP contribution in [0.4, 0.5) is 14.6 Å². The van der Waals surface area contributed by atoms with Crippen LogP contribution in [0.2, 0.25) is 0 Å². The highest BCUT2D eigenvalue weighted by Gasteiger charge is 2.30. The minimum Gasteiger partial charge on any atom is -0.491 e. The van der Waals surface area contributed by atoms with Gasteiger partial charge in [-0.25, -0.2) is 18.1 Å². The lowest BCUT2D eigenvalue weighted by Gasteiger charge is -2.07. The number of nitro groups is 1. The van der Waals surface area contributed by atoms with E-state index in [2.05, 4.69) is 29.4 Å². The molecule has 0 aliphatic carbocycles. The first-order chi connectivity index (χ1) is 11.4. The average Bonchev–Trinajstić information content (AvgIpc) is 3.12. The monoisotopic (exact) mass is 341 g/mol. The molecule has 11 nitrogen and oxygen atoms in total. The Morgan fingerprint density at radius 2 is 1.92 bits per heavy atom. The number of hydrogen-bond acceptors (Lipinski definition) is 9. The van der Waals surface area contributed by atoms with E-state index in [1.807, 2.05) is 0 Å². The Balaban J connectivity index is 2.24. The molecule has 0 fully saturated rings. The van der Waals surface area contributed by atoms with Crippen LogP contribution in [-0.4, -0.2) is 32.1 Å². The second-order valence-corrected chi connectivity index (χ2v) is 4.24. The van der Waals surface area contributed by atoms with Crippen LogP contribution < -0.4 is 10.5 Å². The van der Waals surface area contributed by atoms with Gasteiger partial charge in [-0.1, -0.05) is 5.16 Å². The van der Waals surface area contributed by atoms with Crippen molar-refractivity contribution in [3.8, 4) is 23.0 Å². The zero-order chi connectivity index (χ0) is 17.4. The van der Waals surface area contributed by atoms with E-state index in [4.69, 9.17) is 0 Å². The number of benzene rings is 1. The average molecular weight is 341 g/mol. The third-order valence-corrected chi connectivity index (χ3v) is 2.91. The van der Waals surface area contributed by atoms with E-state index in [0.29, 0.717) is 4.57 Å². The summed E-state index contributed by atoms with van der Waals surface area (Å²) in [5.74, 6) is -5.42. The molecular formula is C11H5F2N5O6. The van der Waals surface area contributed by atoms with Crippen LogP contribution >= 0.6 is 0 Å². The van der Waals surface area contributed by atoms with Gasteiger partial charge in [0.1, 0.15) is 0 Å². The summed E-state index contributed by atoms with van der Waals surface area (Å²) < 4.78 is 41.4. The first-order valence-electron chi connectivity index (χ1n) is 6.03. The van der Waals surface area contributed by atoms with Crippen LogP contribution in [0, 0.1) is 21.7 Å². The highest BCUT2D eigenvalue weighted by atomic mass is 19.1. The molecule has 0 unspecified atom stereocenters. The summed E-state index contributed by atoms with van der Waals surface area (Å²) in [5.41, 5.74) is -0.910. The Labute approximate surface area is 129 Å². The van der Waals surface area contributed by atoms with Crippen LogP contribution in [0.1, 0.15) is 0 Å². The first-order valence-corrected chi connectivity index (χ1v) is 6.03. The Kier molecular flexibility index (Phi) is 3.52. The van der Waals surface area contributed by atoms with Gasteiger partial charge in [-0.05, 0) is 10.1 Å². The van der Waals surface area contributed by atoms with Crippen molar-refractivity contribution in [3.63, 3.8) is 0 Å². The van der Waals surface area contributed by atoms with Crippen LogP contribution in [0.5, 0.6) is 5.75 Å². The number of nitrogens with zero attached hydrogens (tertiary/aromatic N) is 5. The molecule has 0 saturated carbocycles. The molecule has 24 heavy (non-hydrogen) atoms. The summed E-state index contributed by atoms with van der Waals surface area (Å²) >= 11 is 0. The molecule has 124 valence electrons. The molecular weight excluding hydrogens is 336 g/mol. The van der Waals surface area contributed by atoms with Crippen molar-refractivity contribution < 1.29 is 27.6 Å². The highest BCUT2D eigenvalue weighted by Crippen LogP contribution is 2.28. The zero-order valence-electron chi connectivity index (χ0n) is 11.6. The SMILES string of the molecule is COc1c(F)cc(-n2c(-c3nonc3[N+](=O)[O-])noc2=O)cc1F. The van der Waals surface area contributed by atoms with E-state index in [1.165, 1.54) is 0 Å². The number of hydrogen-bond donors (Lipinski definition) is 0. The molecule has 0 spiro atoms. The van der Waals surface area contributed by atoms with Gasteiger partial charge in [0, 0.05) is 12.1 Å². The lowest BCUT2D eigenvalue weighted by atomic mass is 10.2. The lowest BCUT2D eigenvalue weighted by Crippen LogP contribution is -2.14. The minimum atomic E-state index is -1.16. The van der Waals surface area contributed by atoms with E-state index < -0.39 is 45.4 Å². The van der Waals surface area contributed by atoms with E-state index in [9.17, 15) is 23.7 Å². The van der Waals surface area contributed by atoms with Crippen LogP contribution in [0.15, 0.2) is 26.1 Å². The maximum Gasteiger partial charge on any atom is 0.446 e. The van der Waals surface area contributed by atoms with E-state index in [0.717, 1.165) is 19.2 Å². The van der Waals surface area contributed by atoms with Crippen molar-refractivity contribution in [2.75, 3.05) is 7.11 Å². The fraction of sp³-hybridized carbons (Fsp3) is 0.0909. The molecule has 0 N–H and O–H groups in total. The molecule has 0 radical (unpaired) electrons. The molecule has 0 aliphatic heterocycles. The summed E-state index contributed by atoms with van der Waals surface area (Å²) in [5, 5.41) is 20.5. The van der Waals surface area contributed by atoms with Gasteiger partial charge >= 0.3 is 11.6 Å². The zero-order valence-corrected chi connectivity index (χ0v) is 11.6. The molecule has 3 rings (SSSR count). The third-order valence-electron chi connectivity index (χ3n) is 2.91. The molecule has 0 aliphatic rings. The summed E-state index contributed by atoms with van der Waals surface area (Å²) in [6, 6.07) is 1.51. The van der Waals surface area contributed by atoms with E-state index >= 15 is 0 Å². The van der Waals surface area contributed by atoms with Crippen LogP contribution in [-0.2, 0) is 0 Å². The number of aromatic nitrogens is 4. The second-order valence-electron chi connectivity index (χ2n) is 4.24. The fourth-order valence-corrected chi connectivity index (χ4v) is 1.94. The van der Waals surface area contributed by atoms with Crippen molar-refractivity contribution in [1.82, 2.24) is 20.0 Å². The van der Waals surface area contributed by atoms with Gasteiger partial charge in [0.05, 0.1) is 12.8 Å². The predicted molar refractivity (Wildman–Crippen MR) is 68.5 cm³/mol. The normalized spacial score (nSPS) is 10.8. The topological polar surface area (TPSA) is 139 Å². The Hall–Kier alpha value is -3.64. The molecule has 13 heteroatoms. The van der Waals surface area contributed by atoms with Gasteiger partial charge < -0.3 is 14.9 Å². The predicted octanol–water partition coefficient (Wildman–Crippen LogP) is 1.07. The Morgan fingerprint density at radius 1 is 1.25 bits per heavy atom. The van der Waals surface area contributed by atoms with E-state index in [-0.39, 0.29) is 5.69 Å². The molecule has 0 amide bonds. The molecule has 2 aromatic heterocycles. The summed E-state index contributed by atoms with van der Waals surface area (Å²) in [6.07, 6.45) is 0. The standard InChI is InChI=1S/C11H5F2N5O6/c1-22-8-5(12)2-4(3-6(8)13)17-9(15-23-11(17)19)7-10(18(20)21)16-24-14-7/h2-3H,1H3. The first kappa shape index (κ1) is 15.3. The molecule has 0 atom stereocenters. The fourth-order valence-electron chi connectivity index (χ4n) is 1.94. The smallest absolute Gasteiger partial charge is 0.446 e. The largest absolute Gasteiger partial charge is 0.491 e. The Bertz CT molecular complexity index is 970. The quantitative estimate of drug-likeness (QED) is 0.503.